The van der Waals surface area contributed by atoms with Crippen LogP contribution in [0.1, 0.15) is 76.2 Å². The van der Waals surface area contributed by atoms with Crippen molar-refractivity contribution in [2.75, 3.05) is 0 Å². The van der Waals surface area contributed by atoms with Gasteiger partial charge >= 0.3 is 5.69 Å². The first-order valence-electron chi connectivity index (χ1n) is 12.0. The van der Waals surface area contributed by atoms with E-state index >= 15 is 0 Å². The number of benzene rings is 1. The Bertz CT molecular complexity index is 1360. The summed E-state index contributed by atoms with van der Waals surface area (Å²) in [6.45, 7) is 7.23. The van der Waals surface area contributed by atoms with Gasteiger partial charge in [-0.15, -0.1) is 5.10 Å². The maximum Gasteiger partial charge on any atom is 0.352 e. The number of carbonyl (C=O) groups is 2. The molecule has 10 nitrogen and oxygen atoms in total. The van der Waals surface area contributed by atoms with Gasteiger partial charge in [-0.25, -0.2) is 13.9 Å². The van der Waals surface area contributed by atoms with Crippen LogP contribution in [0.3, 0.4) is 0 Å². The molecule has 182 valence electrons. The number of carbonyl (C=O) groups excluding carboxylic acids is 2. The topological polar surface area (TPSA) is 120 Å². The molecule has 1 aliphatic carbocycles. The third-order valence-corrected chi connectivity index (χ3v) is 6.51. The van der Waals surface area contributed by atoms with Crippen LogP contribution in [0, 0.1) is 0 Å². The molecule has 10 heteroatoms. The molecule has 1 saturated carbocycles. The predicted octanol–water partition coefficient (Wildman–Crippen LogP) is 1.98. The van der Waals surface area contributed by atoms with E-state index in [2.05, 4.69) is 15.7 Å². The molecule has 2 aromatic heterocycles. The molecule has 1 aromatic carbocycles. The van der Waals surface area contributed by atoms with Crippen molar-refractivity contribution >= 4 is 28.5 Å². The molecular formula is C24H32N6O4. The highest BCUT2D eigenvalue weighted by molar-refractivity contribution is 5.98. The highest BCUT2D eigenvalue weighted by Crippen LogP contribution is 2.20. The summed E-state index contributed by atoms with van der Waals surface area (Å²) in [7, 11) is 0. The normalized spacial score (nSPS) is 15.3. The maximum atomic E-state index is 13.3. The second kappa shape index (κ2) is 9.44. The third kappa shape index (κ3) is 4.36. The third-order valence-electron chi connectivity index (χ3n) is 6.51. The molecule has 0 saturated heterocycles. The van der Waals surface area contributed by atoms with Gasteiger partial charge in [0.2, 0.25) is 11.7 Å². The van der Waals surface area contributed by atoms with E-state index in [1.54, 1.807) is 18.2 Å². The molecule has 2 amide bonds. The lowest BCUT2D eigenvalue weighted by Gasteiger charge is -2.14. The molecule has 1 fully saturated rings. The number of fused-ring (bicyclic) bond motifs is 3. The Labute approximate surface area is 196 Å². The van der Waals surface area contributed by atoms with Crippen molar-refractivity contribution in [1.82, 2.24) is 29.4 Å². The van der Waals surface area contributed by atoms with Gasteiger partial charge in [0.05, 0.1) is 10.9 Å². The van der Waals surface area contributed by atoms with Gasteiger partial charge in [0.25, 0.3) is 11.5 Å². The molecule has 1 atom stereocenters. The van der Waals surface area contributed by atoms with E-state index in [-0.39, 0.29) is 47.8 Å². The van der Waals surface area contributed by atoms with Crippen molar-refractivity contribution < 1.29 is 9.59 Å². The van der Waals surface area contributed by atoms with Gasteiger partial charge < -0.3 is 10.6 Å². The van der Waals surface area contributed by atoms with Crippen LogP contribution < -0.4 is 21.9 Å². The minimum absolute atomic E-state index is 0.0316. The van der Waals surface area contributed by atoms with Crippen LogP contribution in [0.15, 0.2) is 27.8 Å². The van der Waals surface area contributed by atoms with E-state index in [0.29, 0.717) is 16.5 Å². The van der Waals surface area contributed by atoms with Crippen LogP contribution in [-0.2, 0) is 11.3 Å². The largest absolute Gasteiger partial charge is 0.352 e. The van der Waals surface area contributed by atoms with Crippen molar-refractivity contribution in [3.8, 4) is 0 Å². The van der Waals surface area contributed by atoms with Crippen LogP contribution in [0.5, 0.6) is 0 Å². The summed E-state index contributed by atoms with van der Waals surface area (Å²) < 4.78 is 3.82. The second-order valence-electron chi connectivity index (χ2n) is 9.41. The fourth-order valence-electron chi connectivity index (χ4n) is 4.49. The van der Waals surface area contributed by atoms with Crippen molar-refractivity contribution in [2.24, 2.45) is 0 Å². The van der Waals surface area contributed by atoms with Gasteiger partial charge in [-0.3, -0.25) is 19.0 Å². The molecule has 1 aliphatic rings. The Balaban J connectivity index is 1.84. The Morgan fingerprint density at radius 3 is 2.50 bits per heavy atom. The summed E-state index contributed by atoms with van der Waals surface area (Å²) in [6, 6.07) is 4.60. The number of amides is 2. The van der Waals surface area contributed by atoms with Gasteiger partial charge in [-0.05, 0) is 58.2 Å². The summed E-state index contributed by atoms with van der Waals surface area (Å²) in [5.74, 6) is -0.426. The fourth-order valence-corrected chi connectivity index (χ4v) is 4.49. The Kier molecular flexibility index (Phi) is 6.58. The first kappa shape index (κ1) is 23.7. The molecule has 0 radical (unpaired) electrons. The fraction of sp³-hybridized carbons (Fsp3) is 0.542. The summed E-state index contributed by atoms with van der Waals surface area (Å²) in [5.41, 5.74) is -0.172. The van der Waals surface area contributed by atoms with Crippen LogP contribution >= 0.6 is 0 Å². The summed E-state index contributed by atoms with van der Waals surface area (Å²) in [5, 5.41) is 10.5. The van der Waals surface area contributed by atoms with Crippen LogP contribution in [0.25, 0.3) is 16.7 Å². The standard InChI is InChI=1S/C24H32N6O4/c1-5-15(4)25-20(31)13-28-24(34)30-19-12-16(21(32)26-17-8-6-7-9-17)10-11-18(19)22(33)29(14(2)3)23(30)27-28/h10-12,14-15,17H,5-9,13H2,1-4H3,(H,25,31)(H,26,32). The average molecular weight is 469 g/mol. The van der Waals surface area contributed by atoms with Crippen LogP contribution in [-0.4, -0.2) is 42.6 Å². The highest BCUT2D eigenvalue weighted by atomic mass is 16.2. The van der Waals surface area contributed by atoms with E-state index < -0.39 is 5.69 Å². The molecule has 0 spiro atoms. The number of hydrogen-bond acceptors (Lipinski definition) is 5. The zero-order valence-electron chi connectivity index (χ0n) is 20.1. The van der Waals surface area contributed by atoms with Gasteiger partial charge in [0, 0.05) is 23.7 Å². The number of hydrogen-bond donors (Lipinski definition) is 2. The van der Waals surface area contributed by atoms with Crippen LogP contribution in [0.4, 0.5) is 0 Å². The molecule has 34 heavy (non-hydrogen) atoms. The highest BCUT2D eigenvalue weighted by Gasteiger charge is 2.22. The van der Waals surface area contributed by atoms with E-state index in [4.69, 9.17) is 0 Å². The summed E-state index contributed by atoms with van der Waals surface area (Å²) in [6.07, 6.45) is 4.85. The van der Waals surface area contributed by atoms with Gasteiger partial charge in [-0.1, -0.05) is 19.8 Å². The Hall–Kier alpha value is -3.43. The zero-order chi connectivity index (χ0) is 24.6. The molecule has 0 bridgehead atoms. The van der Waals surface area contributed by atoms with E-state index in [1.807, 2.05) is 27.7 Å². The minimum atomic E-state index is -0.540. The van der Waals surface area contributed by atoms with Gasteiger partial charge in [0.1, 0.15) is 6.54 Å². The lowest BCUT2D eigenvalue weighted by atomic mass is 10.1. The lowest BCUT2D eigenvalue weighted by Crippen LogP contribution is -2.37. The molecule has 0 aliphatic heterocycles. The summed E-state index contributed by atoms with van der Waals surface area (Å²) >= 11 is 0. The second-order valence-corrected chi connectivity index (χ2v) is 9.41. The molecule has 1 unspecified atom stereocenters. The SMILES string of the molecule is CCC(C)NC(=O)Cn1nc2n(C(C)C)c(=O)c3ccc(C(=O)NC4CCCC4)cc3n2c1=O. The molecule has 2 N–H and O–H groups in total. The van der Waals surface area contributed by atoms with E-state index in [1.165, 1.54) is 8.97 Å². The van der Waals surface area contributed by atoms with E-state index in [9.17, 15) is 19.2 Å². The Morgan fingerprint density at radius 1 is 1.15 bits per heavy atom. The maximum absolute atomic E-state index is 13.3. The smallest absolute Gasteiger partial charge is 0.352 e. The van der Waals surface area contributed by atoms with Gasteiger partial charge in [0.15, 0.2) is 0 Å². The first-order chi connectivity index (χ1) is 16.2. The molecular weight excluding hydrogens is 436 g/mol. The summed E-state index contributed by atoms with van der Waals surface area (Å²) in [4.78, 5) is 51.9. The lowest BCUT2D eigenvalue weighted by molar-refractivity contribution is -0.122. The number of nitrogens with one attached hydrogen (secondary N) is 2. The number of nitrogens with zero attached hydrogens (tertiary/aromatic N) is 4. The monoisotopic (exact) mass is 468 g/mol. The van der Waals surface area contributed by atoms with Gasteiger partial charge in [-0.2, -0.15) is 0 Å². The zero-order valence-corrected chi connectivity index (χ0v) is 20.1. The van der Waals surface area contributed by atoms with Crippen molar-refractivity contribution in [2.45, 2.75) is 84.5 Å². The molecule has 4 rings (SSSR count). The molecule has 2 heterocycles. The van der Waals surface area contributed by atoms with Crippen LogP contribution in [0.2, 0.25) is 0 Å². The van der Waals surface area contributed by atoms with Crippen molar-refractivity contribution in [3.63, 3.8) is 0 Å². The number of rotatable bonds is 7. The Morgan fingerprint density at radius 2 is 1.85 bits per heavy atom. The van der Waals surface area contributed by atoms with E-state index in [0.717, 1.165) is 36.8 Å². The predicted molar refractivity (Wildman–Crippen MR) is 129 cm³/mol. The first-order valence-corrected chi connectivity index (χ1v) is 12.0. The quantitative estimate of drug-likeness (QED) is 0.550. The van der Waals surface area contributed by atoms with Crippen molar-refractivity contribution in [3.05, 3.63) is 44.6 Å². The molecule has 3 aromatic rings. The van der Waals surface area contributed by atoms with Crippen molar-refractivity contribution in [1.29, 1.82) is 0 Å². The average Bonchev–Trinajstić information content (AvgIpc) is 3.41. The minimum Gasteiger partial charge on any atom is -0.352 e. The number of aromatic nitrogens is 4.